The Morgan fingerprint density at radius 3 is 2.22 bits per heavy atom. The van der Waals surface area contributed by atoms with E-state index >= 15 is 0 Å². The molecule has 0 bridgehead atoms. The Hall–Kier alpha value is -0.573. The van der Waals surface area contributed by atoms with Gasteiger partial charge in [-0.05, 0) is 57.5 Å². The van der Waals surface area contributed by atoms with Crippen molar-refractivity contribution in [2.45, 2.75) is 96.5 Å². The summed E-state index contributed by atoms with van der Waals surface area (Å²) in [6.45, 7) is 19.2. The highest BCUT2D eigenvalue weighted by atomic mass is 28.4. The quantitative estimate of drug-likeness (QED) is 0.384. The van der Waals surface area contributed by atoms with Crippen LogP contribution in [0.25, 0.3) is 0 Å². The lowest BCUT2D eigenvalue weighted by atomic mass is 10.0. The van der Waals surface area contributed by atoms with Crippen LogP contribution in [0.4, 0.5) is 0 Å². The van der Waals surface area contributed by atoms with Crippen molar-refractivity contribution in [1.82, 2.24) is 0 Å². The molecule has 2 fully saturated rings. The molecule has 0 aromatic rings. The molecule has 0 aromatic heterocycles. The van der Waals surface area contributed by atoms with Crippen molar-refractivity contribution in [1.29, 1.82) is 0 Å². The highest BCUT2D eigenvalue weighted by Gasteiger charge is 2.51. The molecule has 0 unspecified atom stereocenters. The maximum Gasteiger partial charge on any atom is 0.192 e. The van der Waals surface area contributed by atoms with E-state index in [9.17, 15) is 4.79 Å². The first-order chi connectivity index (χ1) is 12.2. The van der Waals surface area contributed by atoms with Crippen LogP contribution in [0, 0.1) is 0 Å². The first-order valence-electron chi connectivity index (χ1n) is 9.63. The smallest absolute Gasteiger partial charge is 0.192 e. The van der Waals surface area contributed by atoms with Crippen LogP contribution >= 0.6 is 0 Å². The third-order valence-electron chi connectivity index (χ3n) is 5.58. The molecule has 0 saturated carbocycles. The Labute approximate surface area is 164 Å². The molecule has 2 rings (SSSR count). The van der Waals surface area contributed by atoms with E-state index in [1.165, 1.54) is 6.08 Å². The Balaban J connectivity index is 2.20. The van der Waals surface area contributed by atoms with Crippen LogP contribution in [0.1, 0.15) is 48.5 Å². The predicted octanol–water partition coefficient (Wildman–Crippen LogP) is 3.81. The van der Waals surface area contributed by atoms with E-state index in [1.54, 1.807) is 0 Å². The van der Waals surface area contributed by atoms with Crippen molar-refractivity contribution in [3.63, 3.8) is 0 Å². The first-order valence-corrected chi connectivity index (χ1v) is 12.5. The molecule has 2 aliphatic rings. The van der Waals surface area contributed by atoms with Crippen LogP contribution in [-0.4, -0.2) is 57.7 Å². The van der Waals surface area contributed by atoms with Gasteiger partial charge in [-0.25, -0.2) is 0 Å². The lowest BCUT2D eigenvalue weighted by Gasteiger charge is -2.37. The summed E-state index contributed by atoms with van der Waals surface area (Å²) in [5, 5.41) is 0.0808. The van der Waals surface area contributed by atoms with E-state index < -0.39 is 26.0 Å². The Morgan fingerprint density at radius 1 is 1.11 bits per heavy atom. The van der Waals surface area contributed by atoms with Crippen molar-refractivity contribution in [3.05, 3.63) is 11.6 Å². The second kappa shape index (κ2) is 7.69. The molecule has 6 nitrogen and oxygen atoms in total. The number of aldehydes is 1. The summed E-state index contributed by atoms with van der Waals surface area (Å²) in [7, 11) is -1.97. The second-order valence-electron chi connectivity index (χ2n) is 9.81. The van der Waals surface area contributed by atoms with Gasteiger partial charge in [0.05, 0.1) is 13.2 Å². The van der Waals surface area contributed by atoms with E-state index in [2.05, 4.69) is 33.9 Å². The number of allylic oxidation sites excluding steroid dienone is 1. The third-order valence-corrected chi connectivity index (χ3v) is 10.1. The number of hydrogen-bond acceptors (Lipinski definition) is 6. The fraction of sp³-hybridized carbons (Fsp3) is 0.850. The van der Waals surface area contributed by atoms with Crippen LogP contribution in [-0.2, 0) is 28.2 Å². The SMILES string of the molecule is CC1(C)O[C@H]([C@H]2COC(C)(C)O2)[C@@H](/C(=C\C=O)CO[Si](C)(C)C(C)(C)C)O1. The zero-order valence-electron chi connectivity index (χ0n) is 18.3. The second-order valence-corrected chi connectivity index (χ2v) is 14.6. The summed E-state index contributed by atoms with van der Waals surface area (Å²) in [5.74, 6) is -1.43. The van der Waals surface area contributed by atoms with Gasteiger partial charge in [0.1, 0.15) is 24.6 Å². The summed E-state index contributed by atoms with van der Waals surface area (Å²) >= 11 is 0. The van der Waals surface area contributed by atoms with Crippen LogP contribution in [0.15, 0.2) is 11.6 Å². The lowest BCUT2D eigenvalue weighted by molar-refractivity contribution is -0.174. The Kier molecular flexibility index (Phi) is 6.47. The van der Waals surface area contributed by atoms with Crippen LogP contribution in [0.2, 0.25) is 18.1 Å². The Morgan fingerprint density at radius 2 is 1.74 bits per heavy atom. The molecule has 0 N–H and O–H groups in total. The van der Waals surface area contributed by atoms with Crippen molar-refractivity contribution >= 4 is 14.6 Å². The molecule has 2 heterocycles. The monoisotopic (exact) mass is 400 g/mol. The summed E-state index contributed by atoms with van der Waals surface area (Å²) in [5.41, 5.74) is 0.777. The zero-order chi connectivity index (χ0) is 20.7. The number of ether oxygens (including phenoxy) is 4. The number of hydrogen-bond donors (Lipinski definition) is 0. The fourth-order valence-electron chi connectivity index (χ4n) is 3.02. The maximum atomic E-state index is 11.3. The molecule has 7 heteroatoms. The normalized spacial score (nSPS) is 31.3. The number of carbonyl (C=O) groups is 1. The van der Waals surface area contributed by atoms with Gasteiger partial charge in [-0.3, -0.25) is 4.79 Å². The molecule has 0 aromatic carbocycles. The van der Waals surface area contributed by atoms with E-state index in [0.717, 1.165) is 11.9 Å². The number of rotatable bonds is 6. The average molecular weight is 401 g/mol. The van der Waals surface area contributed by atoms with Gasteiger partial charge < -0.3 is 23.4 Å². The molecule has 2 aliphatic heterocycles. The van der Waals surface area contributed by atoms with E-state index in [1.807, 2.05) is 27.7 Å². The molecule has 156 valence electrons. The molecule has 0 radical (unpaired) electrons. The van der Waals surface area contributed by atoms with Crippen molar-refractivity contribution < 1.29 is 28.2 Å². The minimum atomic E-state index is -1.97. The van der Waals surface area contributed by atoms with Crippen LogP contribution in [0.3, 0.4) is 0 Å². The Bertz CT molecular complexity index is 576. The maximum absolute atomic E-state index is 11.3. The minimum absolute atomic E-state index is 0.0808. The first kappa shape index (κ1) is 22.7. The largest absolute Gasteiger partial charge is 0.413 e. The molecule has 0 amide bonds. The summed E-state index contributed by atoms with van der Waals surface area (Å²) < 4.78 is 30.4. The van der Waals surface area contributed by atoms with Gasteiger partial charge in [0, 0.05) is 0 Å². The third kappa shape index (κ3) is 5.49. The van der Waals surface area contributed by atoms with Gasteiger partial charge in [0.25, 0.3) is 0 Å². The number of carbonyl (C=O) groups excluding carboxylic acids is 1. The van der Waals surface area contributed by atoms with Crippen molar-refractivity contribution in [2.75, 3.05) is 13.2 Å². The molecule has 3 atom stereocenters. The van der Waals surface area contributed by atoms with E-state index in [0.29, 0.717) is 13.2 Å². The van der Waals surface area contributed by atoms with Gasteiger partial charge in [0.15, 0.2) is 19.9 Å². The zero-order valence-corrected chi connectivity index (χ0v) is 19.3. The minimum Gasteiger partial charge on any atom is -0.413 e. The van der Waals surface area contributed by atoms with Gasteiger partial charge in [0.2, 0.25) is 0 Å². The van der Waals surface area contributed by atoms with Crippen LogP contribution < -0.4 is 0 Å². The van der Waals surface area contributed by atoms with Gasteiger partial charge in [-0.2, -0.15) is 0 Å². The summed E-state index contributed by atoms with van der Waals surface area (Å²) in [6.07, 6.45) is 1.27. The molecular weight excluding hydrogens is 364 g/mol. The van der Waals surface area contributed by atoms with E-state index in [-0.39, 0.29) is 17.2 Å². The van der Waals surface area contributed by atoms with Crippen molar-refractivity contribution in [2.24, 2.45) is 0 Å². The van der Waals surface area contributed by atoms with Crippen LogP contribution in [0.5, 0.6) is 0 Å². The summed E-state index contributed by atoms with van der Waals surface area (Å²) in [6, 6.07) is 0. The van der Waals surface area contributed by atoms with E-state index in [4.69, 9.17) is 23.4 Å². The standard InChI is InChI=1S/C20H36O6Si/c1-18(2,3)27(8,9)23-12-14(10-11-21)16-17(26-20(6,7)25-16)15-13-22-19(4,5)24-15/h10-11,15-17H,12-13H2,1-9H3/b14-10-/t15-,16-,17-/m1/s1. The lowest BCUT2D eigenvalue weighted by Crippen LogP contribution is -2.43. The highest BCUT2D eigenvalue weighted by molar-refractivity contribution is 6.74. The molecule has 0 aliphatic carbocycles. The fourth-order valence-corrected chi connectivity index (χ4v) is 3.98. The molecule has 27 heavy (non-hydrogen) atoms. The average Bonchev–Trinajstić information content (AvgIpc) is 3.01. The van der Waals surface area contributed by atoms with Crippen molar-refractivity contribution in [3.8, 4) is 0 Å². The topological polar surface area (TPSA) is 63.2 Å². The molecule has 2 saturated heterocycles. The molecule has 0 spiro atoms. The van der Waals surface area contributed by atoms with Gasteiger partial charge in [-0.1, -0.05) is 20.8 Å². The highest BCUT2D eigenvalue weighted by Crippen LogP contribution is 2.40. The summed E-state index contributed by atoms with van der Waals surface area (Å²) in [4.78, 5) is 11.3. The predicted molar refractivity (Wildman–Crippen MR) is 106 cm³/mol. The van der Waals surface area contributed by atoms with Gasteiger partial charge >= 0.3 is 0 Å². The molecular formula is C20H36O6Si. The van der Waals surface area contributed by atoms with Gasteiger partial charge in [-0.15, -0.1) is 0 Å².